The van der Waals surface area contributed by atoms with Crippen molar-refractivity contribution in [3.8, 4) is 0 Å². The first-order valence-electron chi connectivity index (χ1n) is 9.68. The summed E-state index contributed by atoms with van der Waals surface area (Å²) < 4.78 is 75.4. The summed E-state index contributed by atoms with van der Waals surface area (Å²) in [7, 11) is -3.31. The maximum absolute atomic E-state index is 13.9. The number of methoxy groups -OCH3 is 1. The van der Waals surface area contributed by atoms with Gasteiger partial charge in [0.2, 0.25) is 10.0 Å². The molecule has 2 aromatic carbocycles. The van der Waals surface area contributed by atoms with Crippen molar-refractivity contribution in [1.29, 1.82) is 0 Å². The molecule has 0 aliphatic carbocycles. The van der Waals surface area contributed by atoms with Crippen molar-refractivity contribution >= 4 is 26.9 Å². The summed E-state index contributed by atoms with van der Waals surface area (Å²) in [4.78, 5) is 11.9. The Labute approximate surface area is 184 Å². The van der Waals surface area contributed by atoms with Gasteiger partial charge in [-0.15, -0.1) is 0 Å². The fourth-order valence-corrected chi connectivity index (χ4v) is 5.58. The van der Waals surface area contributed by atoms with Crippen molar-refractivity contribution in [3.63, 3.8) is 0 Å². The number of benzene rings is 2. The van der Waals surface area contributed by atoms with Crippen molar-refractivity contribution in [2.45, 2.75) is 44.4 Å². The second-order valence-electron chi connectivity index (χ2n) is 7.65. The molecule has 6 nitrogen and oxygen atoms in total. The van der Waals surface area contributed by atoms with E-state index in [-0.39, 0.29) is 10.5 Å². The Bertz CT molecular complexity index is 1260. The first-order valence-corrected chi connectivity index (χ1v) is 11.2. The number of alkyl halides is 3. The summed E-state index contributed by atoms with van der Waals surface area (Å²) in [5, 5.41) is 0.411. The van der Waals surface area contributed by atoms with E-state index >= 15 is 0 Å². The molecule has 0 spiro atoms. The summed E-state index contributed by atoms with van der Waals surface area (Å²) in [5.41, 5.74) is 1.97. The summed E-state index contributed by atoms with van der Waals surface area (Å²) in [6, 6.07) is 7.19. The number of nitrogens with one attached hydrogen (secondary N) is 1. The van der Waals surface area contributed by atoms with Gasteiger partial charge in [-0.25, -0.2) is 13.2 Å². The summed E-state index contributed by atoms with van der Waals surface area (Å²) in [6.07, 6.45) is -3.64. The lowest BCUT2D eigenvalue weighted by molar-refractivity contribution is -0.154. The van der Waals surface area contributed by atoms with Crippen LogP contribution >= 0.6 is 0 Å². The van der Waals surface area contributed by atoms with Crippen LogP contribution in [-0.2, 0) is 21.3 Å². The quantitative estimate of drug-likeness (QED) is 0.549. The monoisotopic (exact) mass is 468 g/mol. The number of hydrogen-bond acceptors (Lipinski definition) is 4. The average molecular weight is 468 g/mol. The zero-order chi connectivity index (χ0) is 23.8. The molecule has 1 heterocycles. The van der Waals surface area contributed by atoms with Gasteiger partial charge in [0.1, 0.15) is 6.04 Å². The Morgan fingerprint density at radius 3 is 2.28 bits per heavy atom. The van der Waals surface area contributed by atoms with E-state index in [1.165, 1.54) is 17.9 Å². The molecule has 32 heavy (non-hydrogen) atoms. The maximum Gasteiger partial charge on any atom is 0.406 e. The highest BCUT2D eigenvalue weighted by Crippen LogP contribution is 2.29. The number of hydrogen-bond donors (Lipinski definition) is 1. The van der Waals surface area contributed by atoms with Crippen LogP contribution in [0.15, 0.2) is 47.5 Å². The first-order chi connectivity index (χ1) is 14.8. The van der Waals surface area contributed by atoms with Crippen molar-refractivity contribution in [1.82, 2.24) is 9.29 Å². The van der Waals surface area contributed by atoms with Gasteiger partial charge in [-0.2, -0.15) is 17.9 Å². The van der Waals surface area contributed by atoms with Crippen LogP contribution in [0, 0.1) is 20.8 Å². The number of carbonyl (C=O) groups excluding carboxylic acids is 1. The molecule has 1 N–H and O–H groups in total. The van der Waals surface area contributed by atoms with E-state index in [4.69, 9.17) is 4.74 Å². The SMILES string of the molecule is COC(=O)c1cn(CC(NS(=O)(=O)c2c(C)cc(C)cc2C)C(F)(F)F)c2ccccc12. The molecule has 10 heteroatoms. The third-order valence-electron chi connectivity index (χ3n) is 5.14. The standard InChI is InChI=1S/C22H23F3N2O4S/c1-13-9-14(2)20(15(3)10-13)32(29,30)26-19(22(23,24)25)12-27-11-17(21(28)31-4)16-7-5-6-8-18(16)27/h5-11,19,26H,12H2,1-4H3. The number of ether oxygens (including phenoxy) is 1. The van der Waals surface area contributed by atoms with Gasteiger partial charge in [-0.3, -0.25) is 0 Å². The molecule has 0 saturated heterocycles. The predicted octanol–water partition coefficient (Wildman–Crippen LogP) is 4.26. The van der Waals surface area contributed by atoms with Crippen molar-refractivity contribution in [2.75, 3.05) is 7.11 Å². The van der Waals surface area contributed by atoms with E-state index in [1.807, 2.05) is 4.72 Å². The number of para-hydroxylation sites is 1. The number of esters is 1. The Morgan fingerprint density at radius 2 is 1.72 bits per heavy atom. The van der Waals surface area contributed by atoms with Crippen LogP contribution in [0.4, 0.5) is 13.2 Å². The van der Waals surface area contributed by atoms with E-state index < -0.39 is 34.8 Å². The summed E-state index contributed by atoms with van der Waals surface area (Å²) in [6.45, 7) is 4.10. The van der Waals surface area contributed by atoms with Gasteiger partial charge in [-0.1, -0.05) is 35.9 Å². The van der Waals surface area contributed by atoms with E-state index in [0.717, 1.165) is 5.56 Å². The van der Waals surface area contributed by atoms with Crippen LogP contribution in [0.2, 0.25) is 0 Å². The minimum absolute atomic E-state index is 0.0945. The number of aryl methyl sites for hydroxylation is 3. The number of nitrogens with zero attached hydrogens (tertiary/aromatic N) is 1. The van der Waals surface area contributed by atoms with Crippen LogP contribution in [0.3, 0.4) is 0 Å². The molecular formula is C22H23F3N2O4S. The van der Waals surface area contributed by atoms with Gasteiger partial charge in [0, 0.05) is 23.6 Å². The molecule has 172 valence electrons. The summed E-state index contributed by atoms with van der Waals surface area (Å²) >= 11 is 0. The Hall–Kier alpha value is -2.85. The molecule has 1 atom stereocenters. The molecule has 3 rings (SSSR count). The normalized spacial score (nSPS) is 13.3. The number of halogens is 3. The molecule has 0 saturated carbocycles. The maximum atomic E-state index is 13.9. The van der Waals surface area contributed by atoms with E-state index in [0.29, 0.717) is 22.0 Å². The minimum Gasteiger partial charge on any atom is -0.465 e. The van der Waals surface area contributed by atoms with Crippen LogP contribution in [0.5, 0.6) is 0 Å². The Balaban J connectivity index is 2.04. The van der Waals surface area contributed by atoms with Crippen molar-refractivity contribution < 1.29 is 31.1 Å². The highest BCUT2D eigenvalue weighted by Gasteiger charge is 2.43. The lowest BCUT2D eigenvalue weighted by atomic mass is 10.1. The van der Waals surface area contributed by atoms with Crippen LogP contribution in [0.25, 0.3) is 10.9 Å². The van der Waals surface area contributed by atoms with E-state index in [1.54, 1.807) is 57.2 Å². The number of aromatic nitrogens is 1. The first kappa shape index (κ1) is 23.8. The molecule has 0 aliphatic rings. The van der Waals surface area contributed by atoms with Gasteiger partial charge in [-0.05, 0) is 38.0 Å². The second-order valence-corrected chi connectivity index (χ2v) is 9.30. The van der Waals surface area contributed by atoms with Crippen LogP contribution in [0.1, 0.15) is 27.0 Å². The van der Waals surface area contributed by atoms with Crippen molar-refractivity contribution in [3.05, 3.63) is 64.8 Å². The van der Waals surface area contributed by atoms with Crippen LogP contribution < -0.4 is 4.72 Å². The van der Waals surface area contributed by atoms with Crippen LogP contribution in [-0.4, -0.2) is 38.3 Å². The molecular weight excluding hydrogens is 445 g/mol. The lowest BCUT2D eigenvalue weighted by Gasteiger charge is -2.24. The third kappa shape index (κ3) is 4.66. The number of rotatable bonds is 6. The lowest BCUT2D eigenvalue weighted by Crippen LogP contribution is -2.48. The molecule has 0 radical (unpaired) electrons. The van der Waals surface area contributed by atoms with E-state index in [9.17, 15) is 26.4 Å². The van der Waals surface area contributed by atoms with E-state index in [2.05, 4.69) is 0 Å². The zero-order valence-electron chi connectivity index (χ0n) is 17.9. The Morgan fingerprint density at radius 1 is 1.12 bits per heavy atom. The molecule has 0 bridgehead atoms. The fourth-order valence-electron chi connectivity index (χ4n) is 3.91. The van der Waals surface area contributed by atoms with Gasteiger partial charge in [0.05, 0.1) is 17.6 Å². The largest absolute Gasteiger partial charge is 0.465 e. The summed E-state index contributed by atoms with van der Waals surface area (Å²) in [5.74, 6) is -0.699. The Kier molecular flexibility index (Phi) is 6.39. The van der Waals surface area contributed by atoms with Gasteiger partial charge >= 0.3 is 12.1 Å². The molecule has 0 fully saturated rings. The highest BCUT2D eigenvalue weighted by molar-refractivity contribution is 7.89. The number of fused-ring (bicyclic) bond motifs is 1. The highest BCUT2D eigenvalue weighted by atomic mass is 32.2. The minimum atomic E-state index is -4.88. The fraction of sp³-hybridized carbons (Fsp3) is 0.318. The van der Waals surface area contributed by atoms with Crippen molar-refractivity contribution in [2.24, 2.45) is 0 Å². The smallest absolute Gasteiger partial charge is 0.406 e. The molecule has 1 aromatic heterocycles. The molecule has 0 amide bonds. The number of sulfonamides is 1. The third-order valence-corrected chi connectivity index (χ3v) is 6.92. The second kappa shape index (κ2) is 8.59. The van der Waals surface area contributed by atoms with Gasteiger partial charge in [0.15, 0.2) is 0 Å². The molecule has 3 aromatic rings. The van der Waals surface area contributed by atoms with Gasteiger partial charge in [0.25, 0.3) is 0 Å². The van der Waals surface area contributed by atoms with Gasteiger partial charge < -0.3 is 9.30 Å². The average Bonchev–Trinajstić information content (AvgIpc) is 3.03. The zero-order valence-corrected chi connectivity index (χ0v) is 18.8. The molecule has 0 aliphatic heterocycles. The topological polar surface area (TPSA) is 77.4 Å². The number of carbonyl (C=O) groups is 1. The molecule has 1 unspecified atom stereocenters. The predicted molar refractivity (Wildman–Crippen MR) is 114 cm³/mol.